The Balaban J connectivity index is 1.81. The van der Waals surface area contributed by atoms with Crippen LogP contribution in [0.3, 0.4) is 0 Å². The Morgan fingerprint density at radius 3 is 2.53 bits per heavy atom. The molecule has 0 saturated carbocycles. The van der Waals surface area contributed by atoms with Crippen LogP contribution in [0, 0.1) is 13.8 Å². The molecule has 0 spiro atoms. The van der Waals surface area contributed by atoms with Gasteiger partial charge in [0, 0.05) is 17.8 Å². The number of allylic oxidation sites excluding steroid dienone is 1. The van der Waals surface area contributed by atoms with Crippen LogP contribution in [0.4, 0.5) is 4.79 Å². The minimum absolute atomic E-state index is 0.109. The Hall–Kier alpha value is -3.41. The highest BCUT2D eigenvalue weighted by Gasteiger charge is 2.35. The van der Waals surface area contributed by atoms with Gasteiger partial charge in [0.1, 0.15) is 0 Å². The number of hydrogen-bond donors (Lipinski definition) is 1. The standard InChI is InChI=1S/C24H26N4O2/c1-5-13-28-17(4)20(21(25-24(28)29)18-11-9-15(2)10-12-18)23-26-22(27-30-23)19-8-6-7-16(3)14-19/h6-12,14,21H,5,13H2,1-4H3,(H,25,29). The fourth-order valence-corrected chi connectivity index (χ4v) is 3.79. The summed E-state index contributed by atoms with van der Waals surface area (Å²) >= 11 is 0. The molecule has 2 amide bonds. The first-order valence-corrected chi connectivity index (χ1v) is 10.2. The number of hydrogen-bond acceptors (Lipinski definition) is 4. The first-order chi connectivity index (χ1) is 14.5. The van der Waals surface area contributed by atoms with E-state index in [1.807, 2.05) is 69.3 Å². The van der Waals surface area contributed by atoms with Crippen LogP contribution in [-0.4, -0.2) is 27.6 Å². The number of benzene rings is 2. The summed E-state index contributed by atoms with van der Waals surface area (Å²) in [5.41, 5.74) is 5.85. The molecule has 1 atom stereocenters. The van der Waals surface area contributed by atoms with Gasteiger partial charge in [0.25, 0.3) is 5.89 Å². The zero-order valence-corrected chi connectivity index (χ0v) is 17.8. The Labute approximate surface area is 176 Å². The average molecular weight is 402 g/mol. The van der Waals surface area contributed by atoms with Crippen molar-refractivity contribution >= 4 is 11.6 Å². The zero-order valence-electron chi connectivity index (χ0n) is 17.8. The van der Waals surface area contributed by atoms with Gasteiger partial charge in [-0.25, -0.2) is 4.79 Å². The van der Waals surface area contributed by atoms with Crippen LogP contribution in [0.1, 0.15) is 48.9 Å². The predicted molar refractivity (Wildman–Crippen MR) is 117 cm³/mol. The van der Waals surface area contributed by atoms with E-state index in [0.29, 0.717) is 18.3 Å². The number of rotatable bonds is 5. The lowest BCUT2D eigenvalue weighted by atomic mass is 9.94. The van der Waals surface area contributed by atoms with Crippen LogP contribution in [0.15, 0.2) is 58.8 Å². The fraction of sp³-hybridized carbons (Fsp3) is 0.292. The van der Waals surface area contributed by atoms with Gasteiger partial charge in [-0.1, -0.05) is 65.7 Å². The van der Waals surface area contributed by atoms with Crippen molar-refractivity contribution in [2.75, 3.05) is 6.54 Å². The number of nitrogens with zero attached hydrogens (tertiary/aromatic N) is 3. The van der Waals surface area contributed by atoms with Gasteiger partial charge in [0.15, 0.2) is 0 Å². The zero-order chi connectivity index (χ0) is 21.3. The quantitative estimate of drug-likeness (QED) is 0.632. The second-order valence-electron chi connectivity index (χ2n) is 7.74. The number of nitrogens with one attached hydrogen (secondary N) is 1. The molecule has 0 fully saturated rings. The summed E-state index contributed by atoms with van der Waals surface area (Å²) in [7, 11) is 0. The minimum Gasteiger partial charge on any atom is -0.334 e. The third-order valence-corrected chi connectivity index (χ3v) is 5.39. The summed E-state index contributed by atoms with van der Waals surface area (Å²) < 4.78 is 5.71. The van der Waals surface area contributed by atoms with Crippen molar-refractivity contribution < 1.29 is 9.32 Å². The van der Waals surface area contributed by atoms with E-state index in [1.54, 1.807) is 4.90 Å². The molecule has 2 aromatic carbocycles. The average Bonchev–Trinajstić information content (AvgIpc) is 3.21. The second kappa shape index (κ2) is 8.14. The van der Waals surface area contributed by atoms with Crippen LogP contribution >= 0.6 is 0 Å². The molecule has 154 valence electrons. The van der Waals surface area contributed by atoms with Crippen molar-refractivity contribution in [3.8, 4) is 11.4 Å². The molecule has 0 saturated heterocycles. The molecule has 1 unspecified atom stereocenters. The highest BCUT2D eigenvalue weighted by atomic mass is 16.5. The van der Waals surface area contributed by atoms with Crippen LogP contribution in [0.25, 0.3) is 17.0 Å². The highest BCUT2D eigenvalue weighted by Crippen LogP contribution is 2.37. The summed E-state index contributed by atoms with van der Waals surface area (Å²) in [6.45, 7) is 8.70. The van der Waals surface area contributed by atoms with E-state index in [9.17, 15) is 4.79 Å². The number of aryl methyl sites for hydroxylation is 2. The Kier molecular flexibility index (Phi) is 5.40. The molecule has 1 N–H and O–H groups in total. The van der Waals surface area contributed by atoms with Gasteiger partial charge in [-0.2, -0.15) is 4.98 Å². The van der Waals surface area contributed by atoms with Gasteiger partial charge in [0.2, 0.25) is 5.82 Å². The summed E-state index contributed by atoms with van der Waals surface area (Å²) in [6.07, 6.45) is 0.853. The summed E-state index contributed by atoms with van der Waals surface area (Å²) in [5, 5.41) is 7.34. The molecule has 3 aromatic rings. The third kappa shape index (κ3) is 3.73. The van der Waals surface area contributed by atoms with Gasteiger partial charge in [-0.3, -0.25) is 4.90 Å². The summed E-state index contributed by atoms with van der Waals surface area (Å²) in [4.78, 5) is 19.2. The smallest absolute Gasteiger partial charge is 0.322 e. The van der Waals surface area contributed by atoms with Crippen molar-refractivity contribution in [1.29, 1.82) is 0 Å². The van der Waals surface area contributed by atoms with Crippen LogP contribution < -0.4 is 5.32 Å². The summed E-state index contributed by atoms with van der Waals surface area (Å²) in [5.74, 6) is 0.964. The molecule has 0 bridgehead atoms. The van der Waals surface area contributed by atoms with Gasteiger partial charge in [0.05, 0.1) is 11.6 Å². The Morgan fingerprint density at radius 1 is 1.07 bits per heavy atom. The lowest BCUT2D eigenvalue weighted by Crippen LogP contribution is -2.46. The molecule has 6 nitrogen and oxygen atoms in total. The van der Waals surface area contributed by atoms with E-state index in [0.717, 1.165) is 39.9 Å². The third-order valence-electron chi connectivity index (χ3n) is 5.39. The van der Waals surface area contributed by atoms with E-state index in [4.69, 9.17) is 9.51 Å². The van der Waals surface area contributed by atoms with Gasteiger partial charge in [-0.15, -0.1) is 0 Å². The molecule has 1 aliphatic heterocycles. The van der Waals surface area contributed by atoms with Crippen LogP contribution in [0.2, 0.25) is 0 Å². The maximum atomic E-state index is 12.8. The molecule has 2 heterocycles. The number of carbonyl (C=O) groups is 1. The van der Waals surface area contributed by atoms with Crippen molar-refractivity contribution in [2.45, 2.75) is 40.2 Å². The van der Waals surface area contributed by atoms with E-state index < -0.39 is 0 Å². The normalized spacial score (nSPS) is 16.7. The molecule has 0 radical (unpaired) electrons. The van der Waals surface area contributed by atoms with E-state index in [2.05, 4.69) is 17.4 Å². The molecule has 0 aliphatic carbocycles. The first kappa shape index (κ1) is 19.9. The van der Waals surface area contributed by atoms with E-state index in [1.165, 1.54) is 0 Å². The van der Waals surface area contributed by atoms with Gasteiger partial charge in [-0.05, 0) is 38.8 Å². The van der Waals surface area contributed by atoms with Crippen molar-refractivity contribution in [2.24, 2.45) is 0 Å². The second-order valence-corrected chi connectivity index (χ2v) is 7.74. The number of carbonyl (C=O) groups excluding carboxylic acids is 1. The Morgan fingerprint density at radius 2 is 1.83 bits per heavy atom. The number of urea groups is 1. The molecule has 4 rings (SSSR count). The minimum atomic E-state index is -0.350. The molecular weight excluding hydrogens is 376 g/mol. The Bertz CT molecular complexity index is 1100. The van der Waals surface area contributed by atoms with Gasteiger partial charge >= 0.3 is 6.03 Å². The largest absolute Gasteiger partial charge is 0.334 e. The molecule has 1 aromatic heterocycles. The van der Waals surface area contributed by atoms with E-state index >= 15 is 0 Å². The van der Waals surface area contributed by atoms with Crippen molar-refractivity contribution in [3.63, 3.8) is 0 Å². The molecule has 30 heavy (non-hydrogen) atoms. The predicted octanol–water partition coefficient (Wildman–Crippen LogP) is 5.26. The van der Waals surface area contributed by atoms with E-state index in [-0.39, 0.29) is 12.1 Å². The van der Waals surface area contributed by atoms with Crippen LogP contribution in [-0.2, 0) is 0 Å². The number of aromatic nitrogens is 2. The topological polar surface area (TPSA) is 71.3 Å². The molecular formula is C24H26N4O2. The number of amides is 2. The highest BCUT2D eigenvalue weighted by molar-refractivity contribution is 5.86. The SMILES string of the molecule is CCCN1C(=O)NC(c2ccc(C)cc2)C(c2nc(-c3cccc(C)c3)no2)=C1C. The monoisotopic (exact) mass is 402 g/mol. The molecule has 1 aliphatic rings. The first-order valence-electron chi connectivity index (χ1n) is 10.2. The van der Waals surface area contributed by atoms with Crippen molar-refractivity contribution in [3.05, 3.63) is 76.8 Å². The maximum absolute atomic E-state index is 12.8. The summed E-state index contributed by atoms with van der Waals surface area (Å²) in [6, 6.07) is 15.7. The molecule has 6 heteroatoms. The van der Waals surface area contributed by atoms with Gasteiger partial charge < -0.3 is 9.84 Å². The maximum Gasteiger partial charge on any atom is 0.322 e. The lowest BCUT2D eigenvalue weighted by molar-refractivity contribution is 0.205. The van der Waals surface area contributed by atoms with Crippen molar-refractivity contribution in [1.82, 2.24) is 20.4 Å². The fourth-order valence-electron chi connectivity index (χ4n) is 3.79. The van der Waals surface area contributed by atoms with Crippen LogP contribution in [0.5, 0.6) is 0 Å². The lowest BCUT2D eigenvalue weighted by Gasteiger charge is -2.35.